The number of carbonyl (C=O) groups excluding carboxylic acids is 1. The van der Waals surface area contributed by atoms with Gasteiger partial charge in [0.25, 0.3) is 0 Å². The second-order valence-electron chi connectivity index (χ2n) is 3.58. The molecule has 1 N–H and O–H groups in total. The highest BCUT2D eigenvalue weighted by Crippen LogP contribution is 2.26. The Kier molecular flexibility index (Phi) is 2.25. The minimum absolute atomic E-state index is 0.142. The molecular weight excluding hydrogens is 176 g/mol. The Morgan fingerprint density at radius 1 is 1.36 bits per heavy atom. The zero-order chi connectivity index (χ0) is 10.1. The first-order valence-corrected chi connectivity index (χ1v) is 4.82. The van der Waals surface area contributed by atoms with Crippen LogP contribution in [-0.4, -0.2) is 13.0 Å². The molecule has 3 nitrogen and oxygen atoms in total. The van der Waals surface area contributed by atoms with Gasteiger partial charge in [-0.25, -0.2) is 10.4 Å². The van der Waals surface area contributed by atoms with Crippen molar-refractivity contribution < 1.29 is 4.79 Å². The van der Waals surface area contributed by atoms with E-state index >= 15 is 0 Å². The second-order valence-corrected chi connectivity index (χ2v) is 3.58. The van der Waals surface area contributed by atoms with Gasteiger partial charge in [0.1, 0.15) is 0 Å². The number of rotatable bonds is 1. The molecule has 0 radical (unpaired) electrons. The van der Waals surface area contributed by atoms with Crippen molar-refractivity contribution in [1.82, 2.24) is 5.43 Å². The van der Waals surface area contributed by atoms with Gasteiger partial charge >= 0.3 is 0 Å². The molecule has 3 heteroatoms. The number of fused-ring (bicyclic) bond motifs is 1. The fourth-order valence-corrected chi connectivity index (χ4v) is 1.87. The SMILES string of the molecule is CNN1C(=O)CCc2cc(C)ccc21. The number of nitrogens with one attached hydrogen (secondary N) is 1. The Morgan fingerprint density at radius 2 is 2.14 bits per heavy atom. The van der Waals surface area contributed by atoms with Crippen LogP contribution >= 0.6 is 0 Å². The summed E-state index contributed by atoms with van der Waals surface area (Å²) in [7, 11) is 1.77. The fourth-order valence-electron chi connectivity index (χ4n) is 1.87. The Bertz CT molecular complexity index is 374. The normalized spacial score (nSPS) is 15.6. The van der Waals surface area contributed by atoms with E-state index in [2.05, 4.69) is 18.4 Å². The lowest BCUT2D eigenvalue weighted by molar-refractivity contribution is -0.119. The maximum absolute atomic E-state index is 11.5. The van der Waals surface area contributed by atoms with Crippen molar-refractivity contribution in [1.29, 1.82) is 0 Å². The molecule has 1 aromatic rings. The molecule has 1 aromatic carbocycles. The van der Waals surface area contributed by atoms with Gasteiger partial charge in [0.2, 0.25) is 5.91 Å². The summed E-state index contributed by atoms with van der Waals surface area (Å²) in [5.41, 5.74) is 6.40. The van der Waals surface area contributed by atoms with Crippen LogP contribution < -0.4 is 10.4 Å². The largest absolute Gasteiger partial charge is 0.273 e. The summed E-state index contributed by atoms with van der Waals surface area (Å²) >= 11 is 0. The van der Waals surface area contributed by atoms with E-state index < -0.39 is 0 Å². The van der Waals surface area contributed by atoms with Crippen LogP contribution in [0.25, 0.3) is 0 Å². The van der Waals surface area contributed by atoms with E-state index in [1.807, 2.05) is 12.1 Å². The number of benzene rings is 1. The van der Waals surface area contributed by atoms with Gasteiger partial charge in [0.05, 0.1) is 5.69 Å². The van der Waals surface area contributed by atoms with Gasteiger partial charge in [-0.05, 0) is 25.0 Å². The van der Waals surface area contributed by atoms with Gasteiger partial charge in [0, 0.05) is 13.5 Å². The zero-order valence-corrected chi connectivity index (χ0v) is 8.50. The van der Waals surface area contributed by atoms with Crippen LogP contribution in [-0.2, 0) is 11.2 Å². The lowest BCUT2D eigenvalue weighted by Crippen LogP contribution is -2.43. The van der Waals surface area contributed by atoms with Crippen molar-refractivity contribution in [2.75, 3.05) is 12.1 Å². The average molecular weight is 190 g/mol. The van der Waals surface area contributed by atoms with E-state index in [1.165, 1.54) is 11.1 Å². The monoisotopic (exact) mass is 190 g/mol. The first-order chi connectivity index (χ1) is 6.72. The molecular formula is C11H14N2O. The maximum atomic E-state index is 11.5. The summed E-state index contributed by atoms with van der Waals surface area (Å²) < 4.78 is 0. The van der Waals surface area contributed by atoms with E-state index in [1.54, 1.807) is 12.1 Å². The van der Waals surface area contributed by atoms with Crippen molar-refractivity contribution in [2.45, 2.75) is 19.8 Å². The van der Waals surface area contributed by atoms with Crippen LogP contribution in [0, 0.1) is 6.92 Å². The van der Waals surface area contributed by atoms with Crippen LogP contribution in [0.3, 0.4) is 0 Å². The molecule has 0 aliphatic carbocycles. The van der Waals surface area contributed by atoms with Crippen LogP contribution in [0.1, 0.15) is 17.5 Å². The number of carbonyl (C=O) groups is 1. The number of amides is 1. The van der Waals surface area contributed by atoms with E-state index in [9.17, 15) is 4.79 Å². The molecule has 1 aliphatic rings. The van der Waals surface area contributed by atoms with Gasteiger partial charge in [-0.2, -0.15) is 0 Å². The highest BCUT2D eigenvalue weighted by Gasteiger charge is 2.22. The Hall–Kier alpha value is -1.35. The average Bonchev–Trinajstić information content (AvgIpc) is 2.18. The minimum Gasteiger partial charge on any atom is -0.273 e. The van der Waals surface area contributed by atoms with E-state index in [0.717, 1.165) is 12.1 Å². The molecule has 0 unspecified atom stereocenters. The van der Waals surface area contributed by atoms with E-state index in [0.29, 0.717) is 6.42 Å². The number of hydrogen-bond donors (Lipinski definition) is 1. The molecule has 14 heavy (non-hydrogen) atoms. The van der Waals surface area contributed by atoms with E-state index in [-0.39, 0.29) is 5.91 Å². The summed E-state index contributed by atoms with van der Waals surface area (Å²) in [5.74, 6) is 0.142. The first-order valence-electron chi connectivity index (χ1n) is 4.82. The predicted octanol–water partition coefficient (Wildman–Crippen LogP) is 1.41. The third kappa shape index (κ3) is 1.40. The Labute approximate surface area is 83.7 Å². The standard InChI is InChI=1S/C11H14N2O/c1-8-3-5-10-9(7-8)4-6-11(14)13(10)12-2/h3,5,7,12H,4,6H2,1-2H3. The molecule has 1 aliphatic heterocycles. The number of anilines is 1. The topological polar surface area (TPSA) is 32.3 Å². The molecule has 0 atom stereocenters. The molecule has 2 rings (SSSR count). The summed E-state index contributed by atoms with van der Waals surface area (Å²) in [6, 6.07) is 6.17. The van der Waals surface area contributed by atoms with Crippen molar-refractivity contribution >= 4 is 11.6 Å². The first kappa shape index (κ1) is 9.21. The van der Waals surface area contributed by atoms with Crippen LogP contribution in [0.5, 0.6) is 0 Å². The fraction of sp³-hybridized carbons (Fsp3) is 0.364. The molecule has 0 aromatic heterocycles. The Balaban J connectivity index is 2.47. The smallest absolute Gasteiger partial charge is 0.241 e. The van der Waals surface area contributed by atoms with E-state index in [4.69, 9.17) is 0 Å². The molecule has 0 spiro atoms. The van der Waals surface area contributed by atoms with Gasteiger partial charge < -0.3 is 0 Å². The summed E-state index contributed by atoms with van der Waals surface area (Å²) in [4.78, 5) is 11.5. The number of aryl methyl sites for hydroxylation is 2. The molecule has 0 fully saturated rings. The van der Waals surface area contributed by atoms with Gasteiger partial charge in [0.15, 0.2) is 0 Å². The quantitative estimate of drug-likeness (QED) is 0.726. The zero-order valence-electron chi connectivity index (χ0n) is 8.50. The second kappa shape index (κ2) is 3.42. The molecule has 74 valence electrons. The van der Waals surface area contributed by atoms with Crippen molar-refractivity contribution in [3.8, 4) is 0 Å². The molecule has 0 saturated carbocycles. The summed E-state index contributed by atoms with van der Waals surface area (Å²) in [5, 5.41) is 1.62. The number of hydrogen-bond acceptors (Lipinski definition) is 2. The van der Waals surface area contributed by atoms with Crippen LogP contribution in [0.4, 0.5) is 5.69 Å². The predicted molar refractivity (Wildman–Crippen MR) is 56.0 cm³/mol. The third-order valence-corrected chi connectivity index (χ3v) is 2.56. The molecule has 1 amide bonds. The van der Waals surface area contributed by atoms with Crippen molar-refractivity contribution in [2.24, 2.45) is 0 Å². The molecule has 1 heterocycles. The maximum Gasteiger partial charge on any atom is 0.241 e. The number of nitrogens with zero attached hydrogens (tertiary/aromatic N) is 1. The van der Waals surface area contributed by atoms with Crippen LogP contribution in [0.2, 0.25) is 0 Å². The third-order valence-electron chi connectivity index (χ3n) is 2.56. The Morgan fingerprint density at radius 3 is 2.86 bits per heavy atom. The molecule has 0 bridgehead atoms. The lowest BCUT2D eigenvalue weighted by Gasteiger charge is -2.28. The van der Waals surface area contributed by atoms with Gasteiger partial charge in [-0.1, -0.05) is 17.7 Å². The molecule has 0 saturated heterocycles. The lowest BCUT2D eigenvalue weighted by atomic mass is 10.0. The van der Waals surface area contributed by atoms with Crippen molar-refractivity contribution in [3.05, 3.63) is 29.3 Å². The minimum atomic E-state index is 0.142. The van der Waals surface area contributed by atoms with Gasteiger partial charge in [-0.3, -0.25) is 4.79 Å². The summed E-state index contributed by atoms with van der Waals surface area (Å²) in [6.07, 6.45) is 1.45. The number of hydrazine groups is 1. The highest BCUT2D eigenvalue weighted by atomic mass is 16.2. The van der Waals surface area contributed by atoms with Gasteiger partial charge in [-0.15, -0.1) is 0 Å². The highest BCUT2D eigenvalue weighted by molar-refractivity contribution is 5.95. The van der Waals surface area contributed by atoms with Crippen LogP contribution in [0.15, 0.2) is 18.2 Å². The van der Waals surface area contributed by atoms with Crippen molar-refractivity contribution in [3.63, 3.8) is 0 Å². The summed E-state index contributed by atoms with van der Waals surface area (Å²) in [6.45, 7) is 2.07.